The van der Waals surface area contributed by atoms with Crippen LogP contribution in [0.25, 0.3) is 0 Å². The van der Waals surface area contributed by atoms with Crippen LogP contribution in [-0.4, -0.2) is 12.6 Å². The number of carbonyl (C=O) groups excluding carboxylic acids is 1. The molecular weight excluding hydrogens is 176 g/mol. The van der Waals surface area contributed by atoms with Crippen molar-refractivity contribution >= 4 is 5.97 Å². The first-order chi connectivity index (χ1) is 6.50. The lowest BCUT2D eigenvalue weighted by Crippen LogP contribution is -2.33. The van der Waals surface area contributed by atoms with Crippen LogP contribution in [0.1, 0.15) is 33.6 Å². The molecule has 4 fully saturated rings. The van der Waals surface area contributed by atoms with Crippen molar-refractivity contribution in [3.05, 3.63) is 0 Å². The van der Waals surface area contributed by atoms with Crippen molar-refractivity contribution in [2.75, 3.05) is 6.61 Å². The zero-order valence-corrected chi connectivity index (χ0v) is 9.17. The van der Waals surface area contributed by atoms with Crippen molar-refractivity contribution in [3.63, 3.8) is 0 Å². The van der Waals surface area contributed by atoms with Crippen LogP contribution >= 0.6 is 0 Å². The van der Waals surface area contributed by atoms with E-state index in [1.807, 2.05) is 0 Å². The highest BCUT2D eigenvalue weighted by Gasteiger charge is 2.81. The highest BCUT2D eigenvalue weighted by Crippen LogP contribution is 2.86. The van der Waals surface area contributed by atoms with E-state index in [4.69, 9.17) is 4.74 Å². The van der Waals surface area contributed by atoms with Crippen molar-refractivity contribution < 1.29 is 9.53 Å². The van der Waals surface area contributed by atoms with Crippen LogP contribution in [0.4, 0.5) is 0 Å². The minimum Gasteiger partial charge on any atom is -0.465 e. The largest absolute Gasteiger partial charge is 0.465 e. The Bertz CT molecular complexity index is 297. The lowest BCUT2D eigenvalue weighted by molar-refractivity contribution is -0.146. The summed E-state index contributed by atoms with van der Waals surface area (Å²) in [5.41, 5.74) is 0.793. The molecule has 0 aliphatic heterocycles. The van der Waals surface area contributed by atoms with Crippen molar-refractivity contribution in [2.45, 2.75) is 33.6 Å². The van der Waals surface area contributed by atoms with Gasteiger partial charge in [0.25, 0.3) is 0 Å². The van der Waals surface area contributed by atoms with Crippen LogP contribution < -0.4 is 0 Å². The standard InChI is InChI=1S/C12H18O2/c1-7(13)14-6-11(2)8-4-9-10(5-8)12(9,11)3/h8-10H,4-6H2,1-3H3/t8?,9-,10+,11-,12?/m1/s1. The van der Waals surface area contributed by atoms with Gasteiger partial charge in [-0.05, 0) is 36.0 Å². The Hall–Kier alpha value is -0.530. The molecule has 2 nitrogen and oxygen atoms in total. The smallest absolute Gasteiger partial charge is 0.302 e. The van der Waals surface area contributed by atoms with E-state index in [1.54, 1.807) is 0 Å². The third kappa shape index (κ3) is 0.697. The van der Waals surface area contributed by atoms with Gasteiger partial charge in [0, 0.05) is 12.3 Å². The molecule has 0 aromatic rings. The SMILES string of the molecule is CC(=O)OC[C@]1(C)C2C[C@@H]3[C@H](C2)C31C. The second kappa shape index (κ2) is 2.17. The molecule has 78 valence electrons. The van der Waals surface area contributed by atoms with Gasteiger partial charge in [0.05, 0.1) is 6.61 Å². The van der Waals surface area contributed by atoms with Gasteiger partial charge in [0.2, 0.25) is 0 Å². The summed E-state index contributed by atoms with van der Waals surface area (Å²) in [6.07, 6.45) is 2.78. The molecule has 4 bridgehead atoms. The third-order valence-corrected chi connectivity index (χ3v) is 5.70. The quantitative estimate of drug-likeness (QED) is 0.630. The number of carbonyl (C=O) groups is 1. The summed E-state index contributed by atoms with van der Waals surface area (Å²) in [5, 5.41) is 0. The normalized spacial score (nSPS) is 57.5. The van der Waals surface area contributed by atoms with E-state index in [9.17, 15) is 4.79 Å². The molecule has 4 rings (SSSR count). The highest BCUT2D eigenvalue weighted by atomic mass is 16.5. The molecule has 4 aliphatic rings. The Morgan fingerprint density at radius 2 is 1.93 bits per heavy atom. The minimum absolute atomic E-state index is 0.129. The molecule has 0 aromatic carbocycles. The fourth-order valence-electron chi connectivity index (χ4n) is 4.56. The monoisotopic (exact) mass is 194 g/mol. The van der Waals surface area contributed by atoms with E-state index in [0.29, 0.717) is 12.0 Å². The number of rotatable bonds is 2. The van der Waals surface area contributed by atoms with Crippen molar-refractivity contribution in [1.29, 1.82) is 0 Å². The molecule has 0 aromatic heterocycles. The maximum absolute atomic E-state index is 10.9. The van der Waals surface area contributed by atoms with Crippen LogP contribution in [0, 0.1) is 28.6 Å². The van der Waals surface area contributed by atoms with Crippen molar-refractivity contribution in [1.82, 2.24) is 0 Å². The van der Waals surface area contributed by atoms with E-state index < -0.39 is 0 Å². The third-order valence-electron chi connectivity index (χ3n) is 5.70. The van der Waals surface area contributed by atoms with Gasteiger partial charge in [-0.1, -0.05) is 13.8 Å². The number of hydrogen-bond donors (Lipinski definition) is 0. The second-order valence-corrected chi connectivity index (χ2v) is 5.86. The van der Waals surface area contributed by atoms with Crippen LogP contribution in [0.5, 0.6) is 0 Å². The predicted octanol–water partition coefficient (Wildman–Crippen LogP) is 2.23. The number of hydrogen-bond acceptors (Lipinski definition) is 2. The minimum atomic E-state index is -0.129. The van der Waals surface area contributed by atoms with Gasteiger partial charge in [-0.3, -0.25) is 4.79 Å². The molecule has 0 N–H and O–H groups in total. The van der Waals surface area contributed by atoms with Gasteiger partial charge >= 0.3 is 5.97 Å². The molecule has 0 spiro atoms. The van der Waals surface area contributed by atoms with Gasteiger partial charge in [0.1, 0.15) is 0 Å². The molecule has 4 saturated carbocycles. The van der Waals surface area contributed by atoms with Gasteiger partial charge in [-0.2, -0.15) is 0 Å². The topological polar surface area (TPSA) is 26.3 Å². The second-order valence-electron chi connectivity index (χ2n) is 5.86. The fraction of sp³-hybridized carbons (Fsp3) is 0.917. The Morgan fingerprint density at radius 3 is 2.29 bits per heavy atom. The van der Waals surface area contributed by atoms with Crippen LogP contribution in [0.15, 0.2) is 0 Å². The summed E-state index contributed by atoms with van der Waals surface area (Å²) in [6, 6.07) is 0. The van der Waals surface area contributed by atoms with Crippen LogP contribution in [0.3, 0.4) is 0 Å². The molecule has 0 saturated heterocycles. The molecule has 0 radical (unpaired) electrons. The Morgan fingerprint density at radius 1 is 1.36 bits per heavy atom. The van der Waals surface area contributed by atoms with Crippen molar-refractivity contribution in [2.24, 2.45) is 28.6 Å². The fourth-order valence-corrected chi connectivity index (χ4v) is 4.56. The van der Waals surface area contributed by atoms with Crippen LogP contribution in [-0.2, 0) is 9.53 Å². The summed E-state index contributed by atoms with van der Waals surface area (Å²) < 4.78 is 5.25. The molecule has 14 heavy (non-hydrogen) atoms. The molecule has 0 amide bonds. The maximum Gasteiger partial charge on any atom is 0.302 e. The summed E-state index contributed by atoms with van der Waals surface area (Å²) in [4.78, 5) is 10.9. The van der Waals surface area contributed by atoms with E-state index in [-0.39, 0.29) is 11.4 Å². The molecule has 2 unspecified atom stereocenters. The molecule has 4 aliphatic carbocycles. The summed E-state index contributed by atoms with van der Waals surface area (Å²) >= 11 is 0. The highest BCUT2D eigenvalue weighted by molar-refractivity contribution is 5.66. The molecule has 5 atom stereocenters. The molecule has 0 heterocycles. The molecular formula is C12H18O2. The first kappa shape index (κ1) is 8.75. The van der Waals surface area contributed by atoms with E-state index in [1.165, 1.54) is 19.8 Å². The first-order valence-corrected chi connectivity index (χ1v) is 5.63. The van der Waals surface area contributed by atoms with Gasteiger partial charge in [-0.25, -0.2) is 0 Å². The lowest BCUT2D eigenvalue weighted by Gasteiger charge is -2.33. The zero-order chi connectivity index (χ0) is 10.1. The number of ether oxygens (including phenoxy) is 1. The van der Waals surface area contributed by atoms with Gasteiger partial charge < -0.3 is 4.74 Å². The number of esters is 1. The Kier molecular flexibility index (Phi) is 1.36. The molecule has 2 heteroatoms. The first-order valence-electron chi connectivity index (χ1n) is 5.63. The summed E-state index contributed by atoms with van der Waals surface area (Å²) in [7, 11) is 0. The zero-order valence-electron chi connectivity index (χ0n) is 9.17. The average molecular weight is 194 g/mol. The van der Waals surface area contributed by atoms with E-state index in [2.05, 4.69) is 13.8 Å². The summed E-state index contributed by atoms with van der Waals surface area (Å²) in [6.45, 7) is 6.89. The van der Waals surface area contributed by atoms with Crippen LogP contribution in [0.2, 0.25) is 0 Å². The Labute approximate surface area is 85.0 Å². The van der Waals surface area contributed by atoms with Gasteiger partial charge in [-0.15, -0.1) is 0 Å². The average Bonchev–Trinajstić information content (AvgIpc) is 2.54. The van der Waals surface area contributed by atoms with E-state index >= 15 is 0 Å². The Balaban J connectivity index is 1.81. The maximum atomic E-state index is 10.9. The lowest BCUT2D eigenvalue weighted by atomic mass is 9.75. The van der Waals surface area contributed by atoms with Crippen molar-refractivity contribution in [3.8, 4) is 0 Å². The summed E-state index contributed by atoms with van der Waals surface area (Å²) in [5.74, 6) is 2.60. The van der Waals surface area contributed by atoms with E-state index in [0.717, 1.165) is 17.8 Å². The van der Waals surface area contributed by atoms with Gasteiger partial charge in [0.15, 0.2) is 0 Å². The predicted molar refractivity (Wildman–Crippen MR) is 52.6 cm³/mol.